The Balaban J connectivity index is 1.21. The number of carbonyl (C=O) groups is 1. The lowest BCUT2D eigenvalue weighted by atomic mass is 9.96. The number of aromatic nitrogens is 1. The van der Waals surface area contributed by atoms with Crippen molar-refractivity contribution in [3.05, 3.63) is 65.5 Å². The van der Waals surface area contributed by atoms with E-state index >= 15 is 0 Å². The minimum absolute atomic E-state index is 0.293. The number of nitrogens with one attached hydrogen (secondary N) is 1. The smallest absolute Gasteiger partial charge is 0.327 e. The van der Waals surface area contributed by atoms with Gasteiger partial charge < -0.3 is 14.5 Å². The van der Waals surface area contributed by atoms with Crippen LogP contribution >= 0.6 is 0 Å². The highest BCUT2D eigenvalue weighted by Crippen LogP contribution is 2.35. The van der Waals surface area contributed by atoms with Crippen molar-refractivity contribution >= 4 is 44.8 Å². The van der Waals surface area contributed by atoms with E-state index in [-0.39, 0.29) is 0 Å². The molecular weight excluding hydrogens is 476 g/mol. The molecule has 8 heteroatoms. The maximum absolute atomic E-state index is 12.3. The average molecular weight is 509 g/mol. The lowest BCUT2D eigenvalue weighted by Crippen LogP contribution is -2.42. The van der Waals surface area contributed by atoms with E-state index in [1.54, 1.807) is 12.1 Å². The largest absolute Gasteiger partial charge is 0.480 e. The molecule has 0 aliphatic heterocycles. The van der Waals surface area contributed by atoms with Crippen LogP contribution in [0.4, 0.5) is 5.69 Å². The molecule has 5 rings (SSSR count). The normalized spacial score (nSPS) is 15.1. The highest BCUT2D eigenvalue weighted by Gasteiger charge is 2.30. The maximum atomic E-state index is 12.3. The Labute approximate surface area is 212 Å². The van der Waals surface area contributed by atoms with Crippen LogP contribution in [0, 0.1) is 0 Å². The number of fused-ring (bicyclic) bond motifs is 4. The molecule has 1 aliphatic carbocycles. The van der Waals surface area contributed by atoms with E-state index in [1.807, 2.05) is 18.2 Å². The Kier molecular flexibility index (Phi) is 7.43. The first kappa shape index (κ1) is 24.6. The van der Waals surface area contributed by atoms with E-state index in [4.69, 9.17) is 4.42 Å². The van der Waals surface area contributed by atoms with Crippen molar-refractivity contribution in [3.63, 3.8) is 0 Å². The van der Waals surface area contributed by atoms with Gasteiger partial charge in [0, 0.05) is 40.5 Å². The molecule has 36 heavy (non-hydrogen) atoms. The van der Waals surface area contributed by atoms with Crippen LogP contribution < -0.4 is 4.31 Å². The average Bonchev–Trinajstić information content (AvgIpc) is 3.45. The van der Waals surface area contributed by atoms with Crippen LogP contribution in [0.5, 0.6) is 0 Å². The van der Waals surface area contributed by atoms with Gasteiger partial charge in [-0.05, 0) is 62.3 Å². The maximum Gasteiger partial charge on any atom is 0.327 e. The zero-order chi connectivity index (χ0) is 25.1. The molecule has 1 aliphatic rings. The van der Waals surface area contributed by atoms with E-state index in [1.165, 1.54) is 16.5 Å². The number of aromatic amines is 1. The zero-order valence-corrected chi connectivity index (χ0v) is 21.1. The Morgan fingerprint density at radius 2 is 1.86 bits per heavy atom. The molecule has 2 aromatic heterocycles. The number of aliphatic carboxylic acids is 1. The number of furan rings is 1. The number of para-hydroxylation sites is 1. The summed E-state index contributed by atoms with van der Waals surface area (Å²) in [6.07, 6.45) is 10.9. The Morgan fingerprint density at radius 1 is 1.06 bits per heavy atom. The minimum atomic E-state index is -2.47. The first-order valence-corrected chi connectivity index (χ1v) is 13.8. The number of hydrogen-bond donors (Lipinski definition) is 3. The number of aryl methyl sites for hydroxylation is 3. The summed E-state index contributed by atoms with van der Waals surface area (Å²) < 4.78 is 29.5. The van der Waals surface area contributed by atoms with Crippen molar-refractivity contribution in [3.8, 4) is 0 Å². The molecule has 7 nitrogen and oxygen atoms in total. The van der Waals surface area contributed by atoms with E-state index in [0.29, 0.717) is 24.1 Å². The SMILES string of the molecule is O=C(O)C(CCCCCCc1c[nH]c2ccccc12)N(c1ccc2c3c(oc2c1)CCCC3)S(=O)O. The van der Waals surface area contributed by atoms with Crippen molar-refractivity contribution < 1.29 is 23.1 Å². The van der Waals surface area contributed by atoms with E-state index in [0.717, 1.165) is 72.3 Å². The van der Waals surface area contributed by atoms with Gasteiger partial charge in [0.25, 0.3) is 11.3 Å². The quantitative estimate of drug-likeness (QED) is 0.161. The summed E-state index contributed by atoms with van der Waals surface area (Å²) in [5.74, 6) is -0.123. The third-order valence-corrected chi connectivity index (χ3v) is 8.08. The van der Waals surface area contributed by atoms with Gasteiger partial charge in [-0.1, -0.05) is 37.5 Å². The summed E-state index contributed by atoms with van der Waals surface area (Å²) in [6, 6.07) is 12.5. The number of benzene rings is 2. The summed E-state index contributed by atoms with van der Waals surface area (Å²) >= 11 is -2.47. The molecule has 0 spiro atoms. The molecule has 190 valence electrons. The summed E-state index contributed by atoms with van der Waals surface area (Å²) in [5, 5.41) is 12.2. The third kappa shape index (κ3) is 5.06. The van der Waals surface area contributed by atoms with Gasteiger partial charge in [0.15, 0.2) is 0 Å². The molecule has 0 radical (unpaired) electrons. The second-order valence-electron chi connectivity index (χ2n) is 9.61. The predicted molar refractivity (Wildman–Crippen MR) is 143 cm³/mol. The minimum Gasteiger partial charge on any atom is -0.480 e. The van der Waals surface area contributed by atoms with Crippen molar-refractivity contribution in [1.82, 2.24) is 4.98 Å². The Hall–Kier alpha value is -3.10. The molecule has 2 unspecified atom stereocenters. The Bertz CT molecular complexity index is 1390. The van der Waals surface area contributed by atoms with E-state index in [2.05, 4.69) is 23.3 Å². The van der Waals surface area contributed by atoms with E-state index < -0.39 is 23.3 Å². The van der Waals surface area contributed by atoms with Crippen LogP contribution in [0.1, 0.15) is 61.8 Å². The molecule has 0 saturated carbocycles. The van der Waals surface area contributed by atoms with Crippen molar-refractivity contribution in [1.29, 1.82) is 0 Å². The van der Waals surface area contributed by atoms with E-state index in [9.17, 15) is 18.7 Å². The first-order chi connectivity index (χ1) is 17.5. The number of carboxylic acid groups (broad SMARTS) is 1. The summed E-state index contributed by atoms with van der Waals surface area (Å²) in [5.41, 5.74) is 4.69. The van der Waals surface area contributed by atoms with Crippen molar-refractivity contribution in [2.45, 2.75) is 70.3 Å². The fourth-order valence-corrected chi connectivity index (χ4v) is 6.16. The Morgan fingerprint density at radius 3 is 2.69 bits per heavy atom. The molecule has 4 aromatic rings. The molecule has 0 amide bonds. The molecular formula is C28H32N2O5S. The van der Waals surface area contributed by atoms with Crippen LogP contribution in [0.15, 0.2) is 53.1 Å². The number of rotatable bonds is 11. The fraction of sp³-hybridized carbons (Fsp3) is 0.393. The summed E-state index contributed by atoms with van der Waals surface area (Å²) in [6.45, 7) is 0. The number of nitrogens with zero attached hydrogens (tertiary/aromatic N) is 1. The van der Waals surface area contributed by atoms with Crippen LogP contribution in [0.25, 0.3) is 21.9 Å². The summed E-state index contributed by atoms with van der Waals surface area (Å²) in [4.78, 5) is 15.4. The van der Waals surface area contributed by atoms with Gasteiger partial charge in [0.05, 0.1) is 5.69 Å². The van der Waals surface area contributed by atoms with Gasteiger partial charge in [-0.3, -0.25) is 8.86 Å². The van der Waals surface area contributed by atoms with Gasteiger partial charge in [0.2, 0.25) is 0 Å². The van der Waals surface area contributed by atoms with Crippen LogP contribution in [-0.4, -0.2) is 30.9 Å². The molecule has 2 aromatic carbocycles. The molecule has 2 atom stereocenters. The van der Waals surface area contributed by atoms with Crippen LogP contribution in [0.3, 0.4) is 0 Å². The molecule has 3 N–H and O–H groups in total. The molecule has 0 fully saturated rings. The second-order valence-corrected chi connectivity index (χ2v) is 10.5. The zero-order valence-electron chi connectivity index (χ0n) is 20.2. The first-order valence-electron chi connectivity index (χ1n) is 12.7. The number of carboxylic acids is 1. The van der Waals surface area contributed by atoms with Crippen LogP contribution in [0.2, 0.25) is 0 Å². The van der Waals surface area contributed by atoms with Crippen molar-refractivity contribution in [2.75, 3.05) is 4.31 Å². The third-order valence-electron chi connectivity index (χ3n) is 7.28. The lowest BCUT2D eigenvalue weighted by Gasteiger charge is -2.26. The molecule has 2 heterocycles. The number of unbranched alkanes of at least 4 members (excludes halogenated alkanes) is 3. The topological polar surface area (TPSA) is 107 Å². The standard InChI is InChI=1S/C28H32N2O5S/c31-28(32)25(13-4-2-1-3-9-19-18-29-24-12-7-5-10-21(19)24)30(36(33)34)20-15-16-23-22-11-6-8-14-26(22)35-27(23)17-20/h5,7,10,12,15-18,25,29H,1-4,6,8-9,11,13-14H2,(H,31,32)(H,33,34). The van der Waals surface area contributed by atoms with Gasteiger partial charge in [-0.15, -0.1) is 0 Å². The molecule has 0 bridgehead atoms. The predicted octanol–water partition coefficient (Wildman–Crippen LogP) is 6.38. The van der Waals surface area contributed by atoms with Gasteiger partial charge in [-0.2, -0.15) is 0 Å². The van der Waals surface area contributed by atoms with Gasteiger partial charge in [-0.25, -0.2) is 9.00 Å². The van der Waals surface area contributed by atoms with Crippen molar-refractivity contribution in [2.24, 2.45) is 0 Å². The van der Waals surface area contributed by atoms with Crippen LogP contribution in [-0.2, 0) is 35.3 Å². The van der Waals surface area contributed by atoms with Gasteiger partial charge in [0.1, 0.15) is 17.4 Å². The van der Waals surface area contributed by atoms with Gasteiger partial charge >= 0.3 is 5.97 Å². The highest BCUT2D eigenvalue weighted by molar-refractivity contribution is 7.80. The fourth-order valence-electron chi connectivity index (χ4n) is 5.45. The lowest BCUT2D eigenvalue weighted by molar-refractivity contribution is -0.138. The highest BCUT2D eigenvalue weighted by atomic mass is 32.2. The summed E-state index contributed by atoms with van der Waals surface area (Å²) in [7, 11) is 0. The number of anilines is 1. The number of H-pyrrole nitrogens is 1. The number of hydrogen-bond acceptors (Lipinski definition) is 3. The monoisotopic (exact) mass is 508 g/mol. The molecule has 0 saturated heterocycles. The second kappa shape index (κ2) is 10.9.